The van der Waals surface area contributed by atoms with E-state index >= 15 is 0 Å². The van der Waals surface area contributed by atoms with Gasteiger partial charge in [0.15, 0.2) is 0 Å². The van der Waals surface area contributed by atoms with Gasteiger partial charge in [0, 0.05) is 31.7 Å². The number of nitrogens with zero attached hydrogens (tertiary/aromatic N) is 1. The SMILES string of the molecule is CNC1CCCN(Cc2ccccc2NC(C)=O)C1. The minimum Gasteiger partial charge on any atom is -0.326 e. The maximum atomic E-state index is 11.2. The molecule has 0 spiro atoms. The molecule has 0 aromatic heterocycles. The Morgan fingerprint density at radius 1 is 1.42 bits per heavy atom. The molecule has 1 aromatic carbocycles. The minimum atomic E-state index is -0.0146. The van der Waals surface area contributed by atoms with Crippen molar-refractivity contribution in [2.45, 2.75) is 32.4 Å². The van der Waals surface area contributed by atoms with Crippen LogP contribution in [-0.4, -0.2) is 37.0 Å². The maximum absolute atomic E-state index is 11.2. The Morgan fingerprint density at radius 3 is 2.95 bits per heavy atom. The quantitative estimate of drug-likeness (QED) is 0.869. The molecule has 1 saturated heterocycles. The van der Waals surface area contributed by atoms with Crippen molar-refractivity contribution >= 4 is 11.6 Å². The van der Waals surface area contributed by atoms with Crippen LogP contribution >= 0.6 is 0 Å². The second-order valence-electron chi connectivity index (χ2n) is 5.20. The van der Waals surface area contributed by atoms with Crippen molar-refractivity contribution in [2.75, 3.05) is 25.5 Å². The minimum absolute atomic E-state index is 0.0146. The lowest BCUT2D eigenvalue weighted by Crippen LogP contribution is -2.43. The Kier molecular flexibility index (Phi) is 4.93. The lowest BCUT2D eigenvalue weighted by molar-refractivity contribution is -0.114. The number of para-hydroxylation sites is 1. The molecular weight excluding hydrogens is 238 g/mol. The highest BCUT2D eigenvalue weighted by molar-refractivity contribution is 5.89. The molecule has 1 aromatic rings. The Hall–Kier alpha value is -1.39. The molecule has 19 heavy (non-hydrogen) atoms. The summed E-state index contributed by atoms with van der Waals surface area (Å²) in [6, 6.07) is 8.63. The average Bonchev–Trinajstić information content (AvgIpc) is 2.41. The Balaban J connectivity index is 2.03. The molecule has 4 heteroatoms. The van der Waals surface area contributed by atoms with Gasteiger partial charge in [0.05, 0.1) is 0 Å². The first kappa shape index (κ1) is 14.0. The number of likely N-dealkylation sites (tertiary alicyclic amines) is 1. The van der Waals surface area contributed by atoms with Crippen molar-refractivity contribution < 1.29 is 4.79 Å². The Morgan fingerprint density at radius 2 is 2.21 bits per heavy atom. The van der Waals surface area contributed by atoms with Crippen molar-refractivity contribution in [2.24, 2.45) is 0 Å². The third kappa shape index (κ3) is 4.04. The standard InChI is InChI=1S/C15H23N3O/c1-12(19)17-15-8-4-3-6-13(15)10-18-9-5-7-14(11-18)16-2/h3-4,6,8,14,16H,5,7,9-11H2,1-2H3,(H,17,19). The molecule has 4 nitrogen and oxygen atoms in total. The first-order valence-corrected chi connectivity index (χ1v) is 6.94. The number of anilines is 1. The summed E-state index contributed by atoms with van der Waals surface area (Å²) < 4.78 is 0. The van der Waals surface area contributed by atoms with E-state index in [4.69, 9.17) is 0 Å². The van der Waals surface area contributed by atoms with E-state index in [0.717, 1.165) is 25.3 Å². The van der Waals surface area contributed by atoms with Crippen LogP contribution in [0.1, 0.15) is 25.3 Å². The predicted molar refractivity (Wildman–Crippen MR) is 78.1 cm³/mol. The zero-order valence-electron chi connectivity index (χ0n) is 11.8. The van der Waals surface area contributed by atoms with Crippen molar-refractivity contribution in [1.29, 1.82) is 0 Å². The highest BCUT2D eigenvalue weighted by Crippen LogP contribution is 2.19. The lowest BCUT2D eigenvalue weighted by atomic mass is 10.0. The lowest BCUT2D eigenvalue weighted by Gasteiger charge is -2.32. The van der Waals surface area contributed by atoms with Crippen LogP contribution in [0, 0.1) is 0 Å². The van der Waals surface area contributed by atoms with Crippen LogP contribution in [0.25, 0.3) is 0 Å². The molecule has 1 heterocycles. The van der Waals surface area contributed by atoms with Gasteiger partial charge in [-0.05, 0) is 38.1 Å². The number of hydrogen-bond donors (Lipinski definition) is 2. The zero-order valence-corrected chi connectivity index (χ0v) is 11.8. The van der Waals surface area contributed by atoms with E-state index in [2.05, 4.69) is 21.6 Å². The number of nitrogens with one attached hydrogen (secondary N) is 2. The fraction of sp³-hybridized carbons (Fsp3) is 0.533. The molecule has 0 bridgehead atoms. The second kappa shape index (κ2) is 6.68. The van der Waals surface area contributed by atoms with Gasteiger partial charge in [-0.3, -0.25) is 9.69 Å². The van der Waals surface area contributed by atoms with Crippen molar-refractivity contribution in [3.05, 3.63) is 29.8 Å². The van der Waals surface area contributed by atoms with Gasteiger partial charge >= 0.3 is 0 Å². The van der Waals surface area contributed by atoms with Gasteiger partial charge in [-0.15, -0.1) is 0 Å². The van der Waals surface area contributed by atoms with E-state index in [1.807, 2.05) is 25.2 Å². The second-order valence-corrected chi connectivity index (χ2v) is 5.20. The Bertz CT molecular complexity index is 433. The normalized spacial score (nSPS) is 20.2. The molecular formula is C15H23N3O. The molecule has 2 rings (SSSR count). The van der Waals surface area contributed by atoms with E-state index in [1.54, 1.807) is 6.92 Å². The first-order valence-electron chi connectivity index (χ1n) is 6.94. The first-order chi connectivity index (χ1) is 9.19. The molecule has 2 N–H and O–H groups in total. The topological polar surface area (TPSA) is 44.4 Å². The summed E-state index contributed by atoms with van der Waals surface area (Å²) >= 11 is 0. The molecule has 1 atom stereocenters. The molecule has 1 unspecified atom stereocenters. The molecule has 1 amide bonds. The van der Waals surface area contributed by atoms with E-state index in [0.29, 0.717) is 6.04 Å². The third-order valence-corrected chi connectivity index (χ3v) is 3.64. The predicted octanol–water partition coefficient (Wildman–Crippen LogP) is 1.83. The smallest absolute Gasteiger partial charge is 0.221 e. The summed E-state index contributed by atoms with van der Waals surface area (Å²) in [5.74, 6) is -0.0146. The highest BCUT2D eigenvalue weighted by atomic mass is 16.1. The van der Waals surface area contributed by atoms with Gasteiger partial charge < -0.3 is 10.6 Å². The number of piperidine rings is 1. The highest BCUT2D eigenvalue weighted by Gasteiger charge is 2.19. The fourth-order valence-electron chi connectivity index (χ4n) is 2.65. The molecule has 0 saturated carbocycles. The van der Waals surface area contributed by atoms with Crippen LogP contribution in [0.3, 0.4) is 0 Å². The van der Waals surface area contributed by atoms with Crippen LogP contribution in [0.2, 0.25) is 0 Å². The van der Waals surface area contributed by atoms with Crippen molar-refractivity contribution in [1.82, 2.24) is 10.2 Å². The molecule has 1 fully saturated rings. The van der Waals surface area contributed by atoms with E-state index in [1.165, 1.54) is 18.4 Å². The number of amides is 1. The van der Waals surface area contributed by atoms with Crippen LogP contribution in [-0.2, 0) is 11.3 Å². The molecule has 104 valence electrons. The van der Waals surface area contributed by atoms with Gasteiger partial charge in [-0.2, -0.15) is 0 Å². The average molecular weight is 261 g/mol. The summed E-state index contributed by atoms with van der Waals surface area (Å²) in [6.45, 7) is 4.65. The van der Waals surface area contributed by atoms with Crippen LogP contribution in [0.5, 0.6) is 0 Å². The summed E-state index contributed by atoms with van der Waals surface area (Å²) in [6.07, 6.45) is 2.48. The summed E-state index contributed by atoms with van der Waals surface area (Å²) in [5, 5.41) is 6.26. The Labute approximate surface area is 115 Å². The van der Waals surface area contributed by atoms with Crippen LogP contribution in [0.15, 0.2) is 24.3 Å². The van der Waals surface area contributed by atoms with Gasteiger partial charge in [-0.1, -0.05) is 18.2 Å². The summed E-state index contributed by atoms with van der Waals surface area (Å²) in [4.78, 5) is 13.7. The van der Waals surface area contributed by atoms with Crippen LogP contribution < -0.4 is 10.6 Å². The fourth-order valence-corrected chi connectivity index (χ4v) is 2.65. The summed E-state index contributed by atoms with van der Waals surface area (Å²) in [5.41, 5.74) is 2.12. The van der Waals surface area contributed by atoms with Crippen LogP contribution in [0.4, 0.5) is 5.69 Å². The number of benzene rings is 1. The number of carbonyl (C=O) groups excluding carboxylic acids is 1. The molecule has 0 radical (unpaired) electrons. The number of hydrogen-bond acceptors (Lipinski definition) is 3. The number of likely N-dealkylation sites (N-methyl/N-ethyl adjacent to an activating group) is 1. The number of rotatable bonds is 4. The monoisotopic (exact) mass is 261 g/mol. The zero-order chi connectivity index (χ0) is 13.7. The van der Waals surface area contributed by atoms with Crippen molar-refractivity contribution in [3.8, 4) is 0 Å². The van der Waals surface area contributed by atoms with Gasteiger partial charge in [0.25, 0.3) is 0 Å². The van der Waals surface area contributed by atoms with E-state index in [-0.39, 0.29) is 5.91 Å². The number of carbonyl (C=O) groups is 1. The van der Waals surface area contributed by atoms with Gasteiger partial charge in [-0.25, -0.2) is 0 Å². The third-order valence-electron chi connectivity index (χ3n) is 3.64. The largest absolute Gasteiger partial charge is 0.326 e. The summed E-state index contributed by atoms with van der Waals surface area (Å²) in [7, 11) is 2.03. The van der Waals surface area contributed by atoms with Crippen molar-refractivity contribution in [3.63, 3.8) is 0 Å². The van der Waals surface area contributed by atoms with Gasteiger partial charge in [0.2, 0.25) is 5.91 Å². The van der Waals surface area contributed by atoms with Gasteiger partial charge in [0.1, 0.15) is 0 Å². The van der Waals surface area contributed by atoms with E-state index < -0.39 is 0 Å². The molecule has 0 aliphatic carbocycles. The molecule has 1 aliphatic heterocycles. The molecule has 1 aliphatic rings. The van der Waals surface area contributed by atoms with E-state index in [9.17, 15) is 4.79 Å². The maximum Gasteiger partial charge on any atom is 0.221 e.